The summed E-state index contributed by atoms with van der Waals surface area (Å²) in [6, 6.07) is 10.4. The zero-order valence-electron chi connectivity index (χ0n) is 12.8. The summed E-state index contributed by atoms with van der Waals surface area (Å²) in [6.45, 7) is 2.10. The second kappa shape index (κ2) is 6.67. The molecule has 1 amide bonds. The lowest BCUT2D eigenvalue weighted by molar-refractivity contribution is -0.115. The van der Waals surface area contributed by atoms with Crippen LogP contribution in [0.2, 0.25) is 0 Å². The summed E-state index contributed by atoms with van der Waals surface area (Å²) in [5, 5.41) is 5.50. The molecule has 3 rings (SSSR count). The molecule has 1 saturated heterocycles. The summed E-state index contributed by atoms with van der Waals surface area (Å²) in [6.07, 6.45) is 1.57. The van der Waals surface area contributed by atoms with E-state index < -0.39 is 0 Å². The molecule has 1 fully saturated rings. The number of thiocarbonyl (C=S) groups is 1. The number of ether oxygens (including phenoxy) is 1. The summed E-state index contributed by atoms with van der Waals surface area (Å²) < 4.78 is 10.7. The molecule has 0 aliphatic carbocycles. The second-order valence-electron chi connectivity index (χ2n) is 4.97. The maximum absolute atomic E-state index is 11.6. The molecular formula is C17H14N2O4S. The molecule has 24 heavy (non-hydrogen) atoms. The van der Waals surface area contributed by atoms with Gasteiger partial charge in [-0.15, -0.1) is 0 Å². The topological polar surface area (TPSA) is 80.6 Å². The van der Waals surface area contributed by atoms with Crippen LogP contribution in [-0.4, -0.2) is 23.6 Å². The fraction of sp³-hybridized carbons (Fsp3) is 0.118. The third-order valence-electron chi connectivity index (χ3n) is 3.31. The summed E-state index contributed by atoms with van der Waals surface area (Å²) in [7, 11) is 0. The Bertz CT molecular complexity index is 837. The Morgan fingerprint density at radius 2 is 1.96 bits per heavy atom. The van der Waals surface area contributed by atoms with Crippen LogP contribution in [0, 0.1) is 0 Å². The first kappa shape index (κ1) is 15.9. The number of nitrogens with one attached hydrogen (secondary N) is 2. The van der Waals surface area contributed by atoms with Crippen molar-refractivity contribution in [1.82, 2.24) is 10.6 Å². The van der Waals surface area contributed by atoms with Crippen molar-refractivity contribution in [1.29, 1.82) is 0 Å². The molecule has 0 unspecified atom stereocenters. The maximum atomic E-state index is 11.6. The van der Waals surface area contributed by atoms with Gasteiger partial charge in [-0.1, -0.05) is 12.1 Å². The average molecular weight is 342 g/mol. The van der Waals surface area contributed by atoms with E-state index in [2.05, 4.69) is 10.6 Å². The van der Waals surface area contributed by atoms with Gasteiger partial charge in [0, 0.05) is 11.6 Å². The smallest absolute Gasteiger partial charge is 0.338 e. The Labute approximate surface area is 143 Å². The van der Waals surface area contributed by atoms with Crippen molar-refractivity contribution in [2.75, 3.05) is 6.61 Å². The van der Waals surface area contributed by atoms with Crippen molar-refractivity contribution in [3.63, 3.8) is 0 Å². The highest BCUT2D eigenvalue weighted by atomic mass is 32.1. The van der Waals surface area contributed by atoms with Crippen LogP contribution >= 0.6 is 12.2 Å². The van der Waals surface area contributed by atoms with Crippen molar-refractivity contribution in [3.05, 3.63) is 53.4 Å². The third-order valence-corrected chi connectivity index (χ3v) is 3.52. The summed E-state index contributed by atoms with van der Waals surface area (Å²) in [5.41, 5.74) is 1.63. The van der Waals surface area contributed by atoms with Crippen molar-refractivity contribution < 1.29 is 18.7 Å². The normalized spacial score (nSPS) is 15.3. The molecule has 0 spiro atoms. The Balaban J connectivity index is 1.78. The van der Waals surface area contributed by atoms with E-state index >= 15 is 0 Å². The molecule has 1 aromatic heterocycles. The molecule has 1 aliphatic heterocycles. The number of carbonyl (C=O) groups excluding carboxylic acids is 2. The largest absolute Gasteiger partial charge is 0.462 e. The lowest BCUT2D eigenvalue weighted by Gasteiger charge is -2.02. The predicted molar refractivity (Wildman–Crippen MR) is 92.0 cm³/mol. The number of hydrogen-bond donors (Lipinski definition) is 2. The fourth-order valence-corrected chi connectivity index (χ4v) is 2.40. The number of hydrogen-bond acceptors (Lipinski definition) is 5. The first-order chi connectivity index (χ1) is 11.6. The van der Waals surface area contributed by atoms with Gasteiger partial charge in [-0.05, 0) is 43.4 Å². The minimum Gasteiger partial charge on any atom is -0.462 e. The van der Waals surface area contributed by atoms with Crippen molar-refractivity contribution in [2.45, 2.75) is 6.92 Å². The fourth-order valence-electron chi connectivity index (χ4n) is 2.20. The molecule has 0 radical (unpaired) electrons. The lowest BCUT2D eigenvalue weighted by atomic mass is 10.1. The molecule has 6 nitrogen and oxygen atoms in total. The van der Waals surface area contributed by atoms with Gasteiger partial charge in [0.15, 0.2) is 5.11 Å². The number of esters is 1. The van der Waals surface area contributed by atoms with Crippen LogP contribution in [0.15, 0.2) is 46.5 Å². The molecule has 2 heterocycles. The predicted octanol–water partition coefficient (Wildman–Crippen LogP) is 2.47. The van der Waals surface area contributed by atoms with Crippen LogP contribution in [0.3, 0.4) is 0 Å². The van der Waals surface area contributed by atoms with Gasteiger partial charge in [0.1, 0.15) is 17.2 Å². The van der Waals surface area contributed by atoms with Gasteiger partial charge in [0.2, 0.25) is 0 Å². The van der Waals surface area contributed by atoms with Crippen molar-refractivity contribution in [2.24, 2.45) is 0 Å². The number of amides is 1. The van der Waals surface area contributed by atoms with Crippen LogP contribution in [0.5, 0.6) is 0 Å². The van der Waals surface area contributed by atoms with Gasteiger partial charge in [-0.2, -0.15) is 0 Å². The van der Waals surface area contributed by atoms with E-state index in [-0.39, 0.29) is 17.0 Å². The van der Waals surface area contributed by atoms with Gasteiger partial charge in [0.05, 0.1) is 12.2 Å². The quantitative estimate of drug-likeness (QED) is 0.505. The maximum Gasteiger partial charge on any atom is 0.338 e. The number of furan rings is 1. The SMILES string of the molecule is CCOC(=O)c1ccc(-c2ccc(C=C3NC(=S)NC3=O)o2)cc1. The van der Waals surface area contributed by atoms with E-state index in [1.165, 1.54) is 0 Å². The molecule has 2 aromatic rings. The van der Waals surface area contributed by atoms with E-state index in [1.807, 2.05) is 0 Å². The van der Waals surface area contributed by atoms with Crippen molar-refractivity contribution >= 4 is 35.3 Å². The summed E-state index contributed by atoms with van der Waals surface area (Å²) in [4.78, 5) is 23.2. The van der Waals surface area contributed by atoms with Gasteiger partial charge >= 0.3 is 5.97 Å². The van der Waals surface area contributed by atoms with Crippen LogP contribution in [0.1, 0.15) is 23.0 Å². The Morgan fingerprint density at radius 1 is 1.21 bits per heavy atom. The minimum atomic E-state index is -0.358. The van der Waals surface area contributed by atoms with Crippen LogP contribution in [0.4, 0.5) is 0 Å². The molecule has 1 aromatic carbocycles. The standard InChI is InChI=1S/C17H14N2O4S/c1-2-22-16(21)11-5-3-10(4-6-11)14-8-7-12(23-14)9-13-15(20)19-17(24)18-13/h3-9H,2H2,1H3,(H2,18,19,20,24). The highest BCUT2D eigenvalue weighted by Crippen LogP contribution is 2.24. The Kier molecular flexibility index (Phi) is 4.43. The van der Waals surface area contributed by atoms with E-state index in [9.17, 15) is 9.59 Å². The first-order valence-electron chi connectivity index (χ1n) is 7.28. The molecule has 0 atom stereocenters. The molecular weight excluding hydrogens is 328 g/mol. The van der Waals surface area contributed by atoms with E-state index in [4.69, 9.17) is 21.4 Å². The van der Waals surface area contributed by atoms with Gasteiger partial charge < -0.3 is 14.5 Å². The van der Waals surface area contributed by atoms with E-state index in [1.54, 1.807) is 49.4 Å². The Morgan fingerprint density at radius 3 is 2.58 bits per heavy atom. The Hall–Kier alpha value is -2.93. The first-order valence-corrected chi connectivity index (χ1v) is 7.69. The molecule has 2 N–H and O–H groups in total. The summed E-state index contributed by atoms with van der Waals surface area (Å²) in [5.74, 6) is 0.486. The molecule has 7 heteroatoms. The molecule has 122 valence electrons. The third kappa shape index (κ3) is 3.36. The number of rotatable bonds is 4. The second-order valence-corrected chi connectivity index (χ2v) is 5.37. The number of carbonyl (C=O) groups is 2. The van der Waals surface area contributed by atoms with Crippen molar-refractivity contribution in [3.8, 4) is 11.3 Å². The summed E-state index contributed by atoms with van der Waals surface area (Å²) >= 11 is 4.87. The molecule has 0 saturated carbocycles. The van der Waals surface area contributed by atoms with Gasteiger partial charge in [-0.25, -0.2) is 4.79 Å². The highest BCUT2D eigenvalue weighted by molar-refractivity contribution is 7.80. The zero-order valence-corrected chi connectivity index (χ0v) is 13.6. The number of benzene rings is 1. The van der Waals surface area contributed by atoms with Crippen LogP contribution < -0.4 is 10.6 Å². The van der Waals surface area contributed by atoms with Gasteiger partial charge in [0.25, 0.3) is 5.91 Å². The van der Waals surface area contributed by atoms with E-state index in [0.717, 1.165) is 5.56 Å². The highest BCUT2D eigenvalue weighted by Gasteiger charge is 2.20. The minimum absolute atomic E-state index is 0.271. The van der Waals surface area contributed by atoms with Gasteiger partial charge in [-0.3, -0.25) is 10.1 Å². The van der Waals surface area contributed by atoms with Crippen LogP contribution in [-0.2, 0) is 9.53 Å². The molecule has 0 bridgehead atoms. The van der Waals surface area contributed by atoms with Crippen LogP contribution in [0.25, 0.3) is 17.4 Å². The van der Waals surface area contributed by atoms with E-state index in [0.29, 0.717) is 29.4 Å². The lowest BCUT2D eigenvalue weighted by Crippen LogP contribution is -2.21. The zero-order chi connectivity index (χ0) is 17.1. The molecule has 1 aliphatic rings. The monoisotopic (exact) mass is 342 g/mol. The average Bonchev–Trinajstić information content (AvgIpc) is 3.15.